The zero-order chi connectivity index (χ0) is 17.8. The smallest absolute Gasteiger partial charge is 0.227 e. The van der Waals surface area contributed by atoms with Crippen molar-refractivity contribution < 1.29 is 9.59 Å². The van der Waals surface area contributed by atoms with E-state index >= 15 is 0 Å². The topological polar surface area (TPSA) is 64.0 Å². The highest BCUT2D eigenvalue weighted by Crippen LogP contribution is 2.32. The lowest BCUT2D eigenvalue weighted by Gasteiger charge is -2.05. The van der Waals surface area contributed by atoms with Crippen LogP contribution in [0.5, 0.6) is 0 Å². The second-order valence-electron chi connectivity index (χ2n) is 5.20. The first-order valence-corrected chi connectivity index (χ1v) is 9.01. The van der Waals surface area contributed by atoms with E-state index in [1.807, 2.05) is 5.38 Å². The van der Waals surface area contributed by atoms with Gasteiger partial charge in [0.05, 0.1) is 16.4 Å². The van der Waals surface area contributed by atoms with E-state index in [1.54, 1.807) is 41.1 Å². The number of amides is 1. The van der Waals surface area contributed by atoms with Crippen LogP contribution in [0.4, 0.5) is 5.13 Å². The first kappa shape index (κ1) is 17.7. The average Bonchev–Trinajstić information content (AvgIpc) is 3.22. The standard InChI is InChI=1S/C17H13Cl2N3O2S/c18-11-3-4-13(14(19)8-11)15-10-25-17(20-15)21-16(24)5-7-22-6-1-2-12(22)9-23/h1-4,6,8-10H,5,7H2,(H,20,21,24). The van der Waals surface area contributed by atoms with Gasteiger partial charge in [-0.15, -0.1) is 11.3 Å². The van der Waals surface area contributed by atoms with Crippen molar-refractivity contribution in [2.45, 2.75) is 13.0 Å². The molecule has 3 aromatic rings. The molecule has 1 aromatic carbocycles. The fraction of sp³-hybridized carbons (Fsp3) is 0.118. The zero-order valence-electron chi connectivity index (χ0n) is 12.9. The number of carbonyl (C=O) groups is 2. The maximum absolute atomic E-state index is 12.1. The molecule has 0 bridgehead atoms. The molecule has 1 amide bonds. The minimum Gasteiger partial charge on any atom is -0.345 e. The van der Waals surface area contributed by atoms with Gasteiger partial charge in [-0.25, -0.2) is 4.98 Å². The Morgan fingerprint density at radius 3 is 2.92 bits per heavy atom. The van der Waals surface area contributed by atoms with Crippen LogP contribution in [0.1, 0.15) is 16.9 Å². The SMILES string of the molecule is O=Cc1cccn1CCC(=O)Nc1nc(-c2ccc(Cl)cc2Cl)cs1. The number of aldehydes is 1. The Kier molecular flexibility index (Phi) is 5.53. The number of carbonyl (C=O) groups excluding carboxylic acids is 2. The van der Waals surface area contributed by atoms with Crippen molar-refractivity contribution in [2.75, 3.05) is 5.32 Å². The van der Waals surface area contributed by atoms with Crippen LogP contribution in [0.2, 0.25) is 10.0 Å². The maximum atomic E-state index is 12.1. The molecule has 0 saturated carbocycles. The molecular formula is C17H13Cl2N3O2S. The Morgan fingerprint density at radius 1 is 1.32 bits per heavy atom. The minimum absolute atomic E-state index is 0.173. The summed E-state index contributed by atoms with van der Waals surface area (Å²) in [7, 11) is 0. The lowest BCUT2D eigenvalue weighted by Crippen LogP contribution is -2.14. The van der Waals surface area contributed by atoms with Crippen LogP contribution in [0, 0.1) is 0 Å². The second-order valence-corrected chi connectivity index (χ2v) is 6.91. The molecule has 0 unspecified atom stereocenters. The largest absolute Gasteiger partial charge is 0.345 e. The predicted molar refractivity (Wildman–Crippen MR) is 101 cm³/mol. The van der Waals surface area contributed by atoms with Crippen LogP contribution in [-0.2, 0) is 11.3 Å². The summed E-state index contributed by atoms with van der Waals surface area (Å²) in [6.07, 6.45) is 2.77. The number of thiazole rings is 1. The molecule has 5 nitrogen and oxygen atoms in total. The van der Waals surface area contributed by atoms with Crippen molar-refractivity contribution in [3.05, 3.63) is 57.6 Å². The third-order valence-corrected chi connectivity index (χ3v) is 4.83. The van der Waals surface area contributed by atoms with Gasteiger partial charge in [0.15, 0.2) is 11.4 Å². The van der Waals surface area contributed by atoms with Crippen LogP contribution in [-0.4, -0.2) is 21.7 Å². The summed E-state index contributed by atoms with van der Waals surface area (Å²) in [5.74, 6) is -0.173. The third kappa shape index (κ3) is 4.28. The molecule has 0 aliphatic carbocycles. The number of aryl methyl sites for hydroxylation is 1. The van der Waals surface area contributed by atoms with Crippen LogP contribution >= 0.6 is 34.5 Å². The minimum atomic E-state index is -0.173. The Labute approximate surface area is 158 Å². The van der Waals surface area contributed by atoms with Gasteiger partial charge in [-0.2, -0.15) is 0 Å². The highest BCUT2D eigenvalue weighted by molar-refractivity contribution is 7.14. The molecule has 0 fully saturated rings. The van der Waals surface area contributed by atoms with Gasteiger partial charge in [-0.1, -0.05) is 23.2 Å². The fourth-order valence-corrected chi connectivity index (χ4v) is 3.53. The van der Waals surface area contributed by atoms with Gasteiger partial charge in [-0.05, 0) is 30.3 Å². The highest BCUT2D eigenvalue weighted by atomic mass is 35.5. The number of rotatable bonds is 6. The number of aromatic nitrogens is 2. The van der Waals surface area contributed by atoms with Crippen molar-refractivity contribution in [3.63, 3.8) is 0 Å². The fourth-order valence-electron chi connectivity index (χ4n) is 2.29. The molecular weight excluding hydrogens is 381 g/mol. The van der Waals surface area contributed by atoms with Gasteiger partial charge >= 0.3 is 0 Å². The van der Waals surface area contributed by atoms with Crippen molar-refractivity contribution in [1.82, 2.24) is 9.55 Å². The summed E-state index contributed by atoms with van der Waals surface area (Å²) < 4.78 is 1.73. The molecule has 0 spiro atoms. The maximum Gasteiger partial charge on any atom is 0.227 e. The summed E-state index contributed by atoms with van der Waals surface area (Å²) in [5, 5.41) is 6.13. The van der Waals surface area contributed by atoms with E-state index in [0.717, 1.165) is 11.8 Å². The number of benzene rings is 1. The Bertz CT molecular complexity index is 920. The van der Waals surface area contributed by atoms with Gasteiger partial charge in [0.2, 0.25) is 5.91 Å². The number of anilines is 1. The molecule has 0 aliphatic rings. The summed E-state index contributed by atoms with van der Waals surface area (Å²) in [6.45, 7) is 0.425. The summed E-state index contributed by atoms with van der Waals surface area (Å²) in [6, 6.07) is 8.65. The van der Waals surface area contributed by atoms with E-state index in [0.29, 0.717) is 33.1 Å². The van der Waals surface area contributed by atoms with Gasteiger partial charge < -0.3 is 9.88 Å². The van der Waals surface area contributed by atoms with Crippen molar-refractivity contribution in [3.8, 4) is 11.3 Å². The van der Waals surface area contributed by atoms with E-state index in [4.69, 9.17) is 23.2 Å². The molecule has 8 heteroatoms. The number of nitrogens with one attached hydrogen (secondary N) is 1. The molecule has 0 radical (unpaired) electrons. The van der Waals surface area contributed by atoms with E-state index in [2.05, 4.69) is 10.3 Å². The normalized spacial score (nSPS) is 10.6. The monoisotopic (exact) mass is 393 g/mol. The first-order chi connectivity index (χ1) is 12.1. The van der Waals surface area contributed by atoms with Gasteiger partial charge in [-0.3, -0.25) is 9.59 Å². The number of hydrogen-bond donors (Lipinski definition) is 1. The lowest BCUT2D eigenvalue weighted by atomic mass is 10.2. The van der Waals surface area contributed by atoms with Gasteiger partial charge in [0.25, 0.3) is 0 Å². The van der Waals surface area contributed by atoms with E-state index in [-0.39, 0.29) is 12.3 Å². The number of nitrogens with zero attached hydrogens (tertiary/aromatic N) is 2. The van der Waals surface area contributed by atoms with Gasteiger partial charge in [0, 0.05) is 35.1 Å². The predicted octanol–water partition coefficient (Wildman–Crippen LogP) is 4.76. The quantitative estimate of drug-likeness (QED) is 0.613. The van der Waals surface area contributed by atoms with Crippen LogP contribution in [0.15, 0.2) is 41.9 Å². The lowest BCUT2D eigenvalue weighted by molar-refractivity contribution is -0.116. The molecule has 2 aromatic heterocycles. The van der Waals surface area contributed by atoms with E-state index < -0.39 is 0 Å². The summed E-state index contributed by atoms with van der Waals surface area (Å²) >= 11 is 13.4. The first-order valence-electron chi connectivity index (χ1n) is 7.38. The molecule has 128 valence electrons. The molecule has 0 atom stereocenters. The van der Waals surface area contributed by atoms with Crippen LogP contribution < -0.4 is 5.32 Å². The van der Waals surface area contributed by atoms with Crippen molar-refractivity contribution in [2.24, 2.45) is 0 Å². The summed E-state index contributed by atoms with van der Waals surface area (Å²) in [5.41, 5.74) is 1.98. The summed E-state index contributed by atoms with van der Waals surface area (Å²) in [4.78, 5) is 27.3. The molecule has 0 saturated heterocycles. The molecule has 1 N–H and O–H groups in total. The highest BCUT2D eigenvalue weighted by Gasteiger charge is 2.11. The van der Waals surface area contributed by atoms with Crippen LogP contribution in [0.3, 0.4) is 0 Å². The number of hydrogen-bond acceptors (Lipinski definition) is 4. The third-order valence-electron chi connectivity index (χ3n) is 3.52. The Morgan fingerprint density at radius 2 is 2.16 bits per heavy atom. The second kappa shape index (κ2) is 7.82. The molecule has 3 rings (SSSR count). The molecule has 25 heavy (non-hydrogen) atoms. The van der Waals surface area contributed by atoms with Gasteiger partial charge in [0.1, 0.15) is 0 Å². The Balaban J connectivity index is 1.63. The molecule has 0 aliphatic heterocycles. The Hall–Kier alpha value is -2.15. The average molecular weight is 394 g/mol. The number of halogens is 2. The van der Waals surface area contributed by atoms with E-state index in [1.165, 1.54) is 11.3 Å². The van der Waals surface area contributed by atoms with E-state index in [9.17, 15) is 9.59 Å². The van der Waals surface area contributed by atoms with Crippen molar-refractivity contribution >= 4 is 51.9 Å². The zero-order valence-corrected chi connectivity index (χ0v) is 15.2. The van der Waals surface area contributed by atoms with Crippen LogP contribution in [0.25, 0.3) is 11.3 Å². The molecule has 2 heterocycles. The van der Waals surface area contributed by atoms with Crippen molar-refractivity contribution in [1.29, 1.82) is 0 Å².